The summed E-state index contributed by atoms with van der Waals surface area (Å²) < 4.78 is 5.96. The van der Waals surface area contributed by atoms with Crippen molar-refractivity contribution in [1.29, 1.82) is 0 Å². The van der Waals surface area contributed by atoms with Gasteiger partial charge in [-0.25, -0.2) is 0 Å². The van der Waals surface area contributed by atoms with Crippen molar-refractivity contribution in [3.63, 3.8) is 0 Å². The van der Waals surface area contributed by atoms with E-state index in [0.717, 1.165) is 61.3 Å². The molecule has 2 aromatic carbocycles. The number of para-hydroxylation sites is 2. The van der Waals surface area contributed by atoms with Crippen LogP contribution in [-0.4, -0.2) is 54.6 Å². The highest BCUT2D eigenvalue weighted by Crippen LogP contribution is 2.38. The van der Waals surface area contributed by atoms with Gasteiger partial charge in [-0.15, -0.1) is 0 Å². The van der Waals surface area contributed by atoms with Gasteiger partial charge in [0.05, 0.1) is 6.67 Å². The molecule has 1 spiro atoms. The summed E-state index contributed by atoms with van der Waals surface area (Å²) in [4.78, 5) is 19.8. The average Bonchev–Trinajstić information content (AvgIpc) is 3.29. The minimum absolute atomic E-state index is 0.262. The first kappa shape index (κ1) is 18.3. The van der Waals surface area contributed by atoms with E-state index in [1.807, 2.05) is 48.3 Å². The zero-order valence-electron chi connectivity index (χ0n) is 16.9. The van der Waals surface area contributed by atoms with Crippen molar-refractivity contribution in [3.8, 4) is 0 Å². The summed E-state index contributed by atoms with van der Waals surface area (Å²) in [6.45, 7) is 3.50. The highest BCUT2D eigenvalue weighted by Gasteiger charge is 2.52. The van der Waals surface area contributed by atoms with Crippen LogP contribution in [0.3, 0.4) is 0 Å². The first-order chi connectivity index (χ1) is 14.2. The van der Waals surface area contributed by atoms with Gasteiger partial charge in [-0.05, 0) is 37.1 Å². The van der Waals surface area contributed by atoms with Crippen LogP contribution < -0.4 is 4.90 Å². The van der Waals surface area contributed by atoms with Crippen molar-refractivity contribution in [2.24, 2.45) is 0 Å². The van der Waals surface area contributed by atoms with Crippen LogP contribution in [0, 0.1) is 0 Å². The van der Waals surface area contributed by atoms with E-state index in [1.165, 1.54) is 0 Å². The summed E-state index contributed by atoms with van der Waals surface area (Å²) in [6, 6.07) is 20.7. The number of carbonyl (C=O) groups excluding carboxylic acids is 1. The smallest absolute Gasteiger partial charge is 0.249 e. The van der Waals surface area contributed by atoms with Crippen molar-refractivity contribution >= 4 is 22.6 Å². The molecule has 0 N–H and O–H groups in total. The monoisotopic (exact) mass is 389 g/mol. The average molecular weight is 389 g/mol. The Labute approximate surface area is 171 Å². The number of benzene rings is 2. The fourth-order valence-electron chi connectivity index (χ4n) is 4.88. The number of furan rings is 1. The second-order valence-electron chi connectivity index (χ2n) is 8.28. The molecule has 29 heavy (non-hydrogen) atoms. The van der Waals surface area contributed by atoms with Crippen LogP contribution in [0.2, 0.25) is 0 Å². The highest BCUT2D eigenvalue weighted by molar-refractivity contribution is 5.93. The van der Waals surface area contributed by atoms with Gasteiger partial charge in [-0.3, -0.25) is 4.79 Å². The summed E-state index contributed by atoms with van der Waals surface area (Å²) in [7, 11) is 1.92. The number of fused-ring (bicyclic) bond motifs is 1. The maximum Gasteiger partial charge on any atom is 0.249 e. The Kier molecular flexibility index (Phi) is 4.55. The zero-order chi connectivity index (χ0) is 19.8. The number of anilines is 1. The van der Waals surface area contributed by atoms with Gasteiger partial charge in [0.15, 0.2) is 0 Å². The SMILES string of the molecule is CN1CN(c2ccccc2)C2(CCN(CCc3cc4ccccc4o3)CC2)C1=O. The summed E-state index contributed by atoms with van der Waals surface area (Å²) in [5, 5.41) is 1.16. The molecule has 0 bridgehead atoms. The van der Waals surface area contributed by atoms with Crippen LogP contribution in [0.4, 0.5) is 5.69 Å². The Morgan fingerprint density at radius 1 is 1.00 bits per heavy atom. The lowest BCUT2D eigenvalue weighted by atomic mass is 9.85. The van der Waals surface area contributed by atoms with E-state index >= 15 is 0 Å². The van der Waals surface area contributed by atoms with E-state index < -0.39 is 5.54 Å². The summed E-state index contributed by atoms with van der Waals surface area (Å²) in [5.41, 5.74) is 1.70. The van der Waals surface area contributed by atoms with Gasteiger partial charge < -0.3 is 19.1 Å². The second-order valence-corrected chi connectivity index (χ2v) is 8.28. The number of carbonyl (C=O) groups is 1. The maximum absolute atomic E-state index is 13.1. The molecule has 0 unspecified atom stereocenters. The van der Waals surface area contributed by atoms with E-state index in [4.69, 9.17) is 4.42 Å². The molecule has 0 atom stereocenters. The number of hydrogen-bond donors (Lipinski definition) is 0. The predicted molar refractivity (Wildman–Crippen MR) is 115 cm³/mol. The Morgan fingerprint density at radius 3 is 2.48 bits per heavy atom. The molecule has 0 saturated carbocycles. The van der Waals surface area contributed by atoms with E-state index in [2.05, 4.69) is 34.1 Å². The number of piperidine rings is 1. The first-order valence-electron chi connectivity index (χ1n) is 10.4. The van der Waals surface area contributed by atoms with Crippen molar-refractivity contribution in [1.82, 2.24) is 9.80 Å². The number of likely N-dealkylation sites (tertiary alicyclic amines) is 1. The number of amides is 1. The Bertz CT molecular complexity index is 972. The summed E-state index contributed by atoms with van der Waals surface area (Å²) in [5.74, 6) is 1.30. The van der Waals surface area contributed by atoms with E-state index in [9.17, 15) is 4.79 Å². The molecular formula is C24H27N3O2. The molecule has 0 aliphatic carbocycles. The molecule has 5 rings (SSSR count). The molecule has 150 valence electrons. The number of rotatable bonds is 4. The topological polar surface area (TPSA) is 39.9 Å². The minimum atomic E-state index is -0.397. The summed E-state index contributed by atoms with van der Waals surface area (Å²) in [6.07, 6.45) is 2.63. The normalized spacial score (nSPS) is 19.6. The van der Waals surface area contributed by atoms with Crippen LogP contribution in [0.25, 0.3) is 11.0 Å². The summed E-state index contributed by atoms with van der Waals surface area (Å²) >= 11 is 0. The van der Waals surface area contributed by atoms with Crippen molar-refractivity contribution in [2.45, 2.75) is 24.8 Å². The Balaban J connectivity index is 1.26. The van der Waals surface area contributed by atoms with Crippen LogP contribution in [0.5, 0.6) is 0 Å². The van der Waals surface area contributed by atoms with Gasteiger partial charge in [-0.1, -0.05) is 36.4 Å². The van der Waals surface area contributed by atoms with Gasteiger partial charge in [0.1, 0.15) is 16.9 Å². The van der Waals surface area contributed by atoms with Crippen LogP contribution >= 0.6 is 0 Å². The van der Waals surface area contributed by atoms with Gasteiger partial charge in [0.25, 0.3) is 0 Å². The molecule has 0 radical (unpaired) electrons. The number of nitrogens with zero attached hydrogens (tertiary/aromatic N) is 3. The van der Waals surface area contributed by atoms with Crippen molar-refractivity contribution in [3.05, 3.63) is 66.4 Å². The number of hydrogen-bond acceptors (Lipinski definition) is 4. The number of likely N-dealkylation sites (N-methyl/N-ethyl adjacent to an activating group) is 1. The van der Waals surface area contributed by atoms with Crippen LogP contribution in [-0.2, 0) is 11.2 Å². The third-order valence-electron chi connectivity index (χ3n) is 6.52. The lowest BCUT2D eigenvalue weighted by Gasteiger charge is -2.43. The molecule has 1 amide bonds. The van der Waals surface area contributed by atoms with Crippen molar-refractivity contribution < 1.29 is 9.21 Å². The third-order valence-corrected chi connectivity index (χ3v) is 6.52. The first-order valence-corrected chi connectivity index (χ1v) is 10.4. The molecule has 5 heteroatoms. The lowest BCUT2D eigenvalue weighted by molar-refractivity contribution is -0.132. The molecule has 3 aromatic rings. The van der Waals surface area contributed by atoms with E-state index in [-0.39, 0.29) is 5.91 Å². The van der Waals surface area contributed by atoms with Gasteiger partial charge in [-0.2, -0.15) is 0 Å². The highest BCUT2D eigenvalue weighted by atomic mass is 16.3. The predicted octanol–water partition coefficient (Wildman–Crippen LogP) is 3.75. The van der Waals surface area contributed by atoms with Crippen LogP contribution in [0.1, 0.15) is 18.6 Å². The molecule has 2 aliphatic heterocycles. The van der Waals surface area contributed by atoms with E-state index in [1.54, 1.807) is 0 Å². The quantitative estimate of drug-likeness (QED) is 0.681. The third kappa shape index (κ3) is 3.19. The fraction of sp³-hybridized carbons (Fsp3) is 0.375. The lowest BCUT2D eigenvalue weighted by Crippen LogP contribution is -2.56. The standard InChI is InChI=1S/C24H27N3O2/c1-25-18-27(20-8-3-2-4-9-20)24(23(25)28)12-15-26(16-13-24)14-11-21-17-19-7-5-6-10-22(19)29-21/h2-10,17H,11-16,18H2,1H3. The minimum Gasteiger partial charge on any atom is -0.461 e. The van der Waals surface area contributed by atoms with Gasteiger partial charge in [0, 0.05) is 44.2 Å². The largest absolute Gasteiger partial charge is 0.461 e. The molecule has 2 saturated heterocycles. The van der Waals surface area contributed by atoms with Crippen LogP contribution in [0.15, 0.2) is 65.1 Å². The molecule has 5 nitrogen and oxygen atoms in total. The van der Waals surface area contributed by atoms with Gasteiger partial charge >= 0.3 is 0 Å². The molecule has 1 aromatic heterocycles. The molecule has 2 fully saturated rings. The second kappa shape index (κ2) is 7.23. The van der Waals surface area contributed by atoms with E-state index in [0.29, 0.717) is 6.67 Å². The van der Waals surface area contributed by atoms with Gasteiger partial charge in [0.2, 0.25) is 5.91 Å². The fourth-order valence-corrected chi connectivity index (χ4v) is 4.88. The Hall–Kier alpha value is -2.79. The Morgan fingerprint density at radius 2 is 1.72 bits per heavy atom. The van der Waals surface area contributed by atoms with Crippen molar-refractivity contribution in [2.75, 3.05) is 38.3 Å². The zero-order valence-corrected chi connectivity index (χ0v) is 16.9. The maximum atomic E-state index is 13.1. The molecule has 2 aliphatic rings. The molecule has 3 heterocycles. The molecular weight excluding hydrogens is 362 g/mol.